The van der Waals surface area contributed by atoms with Crippen LogP contribution in [0.4, 0.5) is 0 Å². The number of aromatic nitrogens is 1. The fourth-order valence-electron chi connectivity index (χ4n) is 1.88. The zero-order valence-corrected chi connectivity index (χ0v) is 14.9. The molecule has 1 aromatic carbocycles. The minimum absolute atomic E-state index is 0.0324. The second-order valence-corrected chi connectivity index (χ2v) is 8.09. The number of H-pyrrole nitrogens is 1. The molecule has 0 aliphatic rings. The molecule has 1 N–H and O–H groups in total. The molecule has 0 amide bonds. The summed E-state index contributed by atoms with van der Waals surface area (Å²) in [6.45, 7) is 0. The summed E-state index contributed by atoms with van der Waals surface area (Å²) in [5.41, 5.74) is 1.65. The van der Waals surface area contributed by atoms with Crippen molar-refractivity contribution in [2.75, 3.05) is 0 Å². The summed E-state index contributed by atoms with van der Waals surface area (Å²) in [5.74, 6) is 0.0324. The molecule has 0 saturated heterocycles. The number of carbonyl (C=O) groups excluding carboxylic acids is 1. The first kappa shape index (κ1) is 13.5. The van der Waals surface area contributed by atoms with E-state index in [1.165, 1.54) is 11.3 Å². The molecule has 2 nitrogen and oxygen atoms in total. The topological polar surface area (TPSA) is 32.9 Å². The van der Waals surface area contributed by atoms with E-state index in [1.54, 1.807) is 6.20 Å². The van der Waals surface area contributed by atoms with Gasteiger partial charge in [-0.1, -0.05) is 22.0 Å². The van der Waals surface area contributed by atoms with Crippen molar-refractivity contribution in [3.8, 4) is 0 Å². The molecule has 0 aliphatic heterocycles. The number of rotatable bonds is 2. The predicted molar refractivity (Wildman–Crippen MR) is 89.2 cm³/mol. The maximum Gasteiger partial charge on any atom is 0.205 e. The van der Waals surface area contributed by atoms with Crippen molar-refractivity contribution in [2.24, 2.45) is 0 Å². The van der Waals surface area contributed by atoms with Crippen LogP contribution < -0.4 is 0 Å². The van der Waals surface area contributed by atoms with Crippen molar-refractivity contribution in [3.05, 3.63) is 53.6 Å². The third-order valence-electron chi connectivity index (χ3n) is 2.76. The van der Waals surface area contributed by atoms with Gasteiger partial charge in [0.1, 0.15) is 0 Å². The smallest absolute Gasteiger partial charge is 0.205 e. The molecular formula is C13H6Br3NOS. The molecule has 96 valence electrons. The van der Waals surface area contributed by atoms with Crippen LogP contribution in [0.5, 0.6) is 0 Å². The van der Waals surface area contributed by atoms with Crippen molar-refractivity contribution in [3.63, 3.8) is 0 Å². The van der Waals surface area contributed by atoms with Gasteiger partial charge in [0, 0.05) is 31.6 Å². The minimum Gasteiger partial charge on any atom is -0.360 e. The van der Waals surface area contributed by atoms with Gasteiger partial charge in [0.2, 0.25) is 5.78 Å². The number of halogens is 3. The Morgan fingerprint density at radius 2 is 1.95 bits per heavy atom. The zero-order chi connectivity index (χ0) is 13.6. The van der Waals surface area contributed by atoms with Crippen LogP contribution >= 0.6 is 59.1 Å². The Balaban J connectivity index is 2.11. The van der Waals surface area contributed by atoms with E-state index in [0.717, 1.165) is 23.6 Å². The van der Waals surface area contributed by atoms with E-state index in [-0.39, 0.29) is 5.78 Å². The Hall–Kier alpha value is -0.430. The number of thiophene rings is 1. The number of ketones is 1. The molecular weight excluding hydrogens is 458 g/mol. The average molecular weight is 464 g/mol. The molecule has 0 spiro atoms. The third-order valence-corrected chi connectivity index (χ3v) is 6.51. The van der Waals surface area contributed by atoms with Crippen molar-refractivity contribution in [1.29, 1.82) is 0 Å². The van der Waals surface area contributed by atoms with Gasteiger partial charge in [-0.3, -0.25) is 4.79 Å². The van der Waals surface area contributed by atoms with Crippen LogP contribution in [0.15, 0.2) is 43.2 Å². The second-order valence-electron chi connectivity index (χ2n) is 3.95. The fourth-order valence-corrected chi connectivity index (χ4v) is 4.23. The Morgan fingerprint density at radius 3 is 2.63 bits per heavy atom. The summed E-state index contributed by atoms with van der Waals surface area (Å²) in [7, 11) is 0. The second kappa shape index (κ2) is 5.16. The van der Waals surface area contributed by atoms with Gasteiger partial charge in [-0.2, -0.15) is 0 Å². The van der Waals surface area contributed by atoms with E-state index in [0.29, 0.717) is 10.4 Å². The first-order valence-electron chi connectivity index (χ1n) is 5.32. The fraction of sp³-hybridized carbons (Fsp3) is 0. The van der Waals surface area contributed by atoms with Gasteiger partial charge >= 0.3 is 0 Å². The van der Waals surface area contributed by atoms with E-state index in [9.17, 15) is 4.79 Å². The van der Waals surface area contributed by atoms with Crippen LogP contribution in [0.2, 0.25) is 0 Å². The van der Waals surface area contributed by atoms with Crippen LogP contribution in [0.3, 0.4) is 0 Å². The highest BCUT2D eigenvalue weighted by Gasteiger charge is 2.17. The summed E-state index contributed by atoms with van der Waals surface area (Å²) in [6, 6.07) is 7.69. The molecule has 3 rings (SSSR count). The molecule has 0 bridgehead atoms. The third kappa shape index (κ3) is 2.46. The van der Waals surface area contributed by atoms with E-state index in [4.69, 9.17) is 0 Å². The number of aromatic amines is 1. The zero-order valence-electron chi connectivity index (χ0n) is 9.34. The lowest BCUT2D eigenvalue weighted by Gasteiger charge is -1.96. The van der Waals surface area contributed by atoms with E-state index in [1.807, 2.05) is 24.3 Å². The van der Waals surface area contributed by atoms with Crippen LogP contribution in [0.1, 0.15) is 15.2 Å². The SMILES string of the molecule is O=C(c1cc(Br)c(Br)s1)c1c[nH]c2cc(Br)ccc12. The lowest BCUT2D eigenvalue weighted by atomic mass is 10.1. The molecule has 3 aromatic rings. The van der Waals surface area contributed by atoms with Gasteiger partial charge in [0.15, 0.2) is 0 Å². The number of fused-ring (bicyclic) bond motifs is 1. The van der Waals surface area contributed by atoms with E-state index in [2.05, 4.69) is 52.8 Å². The number of nitrogens with one attached hydrogen (secondary N) is 1. The standard InChI is InChI=1S/C13H6Br3NOS/c14-6-1-2-7-8(5-17-10(7)3-6)12(18)11-4-9(15)13(16)19-11/h1-5,17H. The number of carbonyl (C=O) groups is 1. The summed E-state index contributed by atoms with van der Waals surface area (Å²) in [6.07, 6.45) is 1.76. The van der Waals surface area contributed by atoms with Crippen LogP contribution in [0.25, 0.3) is 10.9 Å². The van der Waals surface area contributed by atoms with Gasteiger partial charge in [-0.25, -0.2) is 0 Å². The summed E-state index contributed by atoms with van der Waals surface area (Å²) in [5, 5.41) is 0.939. The molecule has 0 aliphatic carbocycles. The number of benzene rings is 1. The Bertz CT molecular complexity index is 771. The van der Waals surface area contributed by atoms with Crippen molar-refractivity contribution >= 4 is 75.8 Å². The highest BCUT2D eigenvalue weighted by molar-refractivity contribution is 9.13. The Labute approximate surface area is 138 Å². The van der Waals surface area contributed by atoms with Gasteiger partial charge in [-0.15, -0.1) is 11.3 Å². The van der Waals surface area contributed by atoms with Gasteiger partial charge in [0.05, 0.1) is 8.66 Å². The average Bonchev–Trinajstić information content (AvgIpc) is 2.93. The lowest BCUT2D eigenvalue weighted by molar-refractivity contribution is 0.104. The molecule has 0 radical (unpaired) electrons. The van der Waals surface area contributed by atoms with Crippen LogP contribution in [-0.4, -0.2) is 10.8 Å². The number of hydrogen-bond donors (Lipinski definition) is 1. The van der Waals surface area contributed by atoms with Crippen LogP contribution in [0, 0.1) is 0 Å². The normalized spacial score (nSPS) is 11.1. The Kier molecular flexibility index (Phi) is 3.68. The van der Waals surface area contributed by atoms with E-state index < -0.39 is 0 Å². The maximum absolute atomic E-state index is 12.5. The summed E-state index contributed by atoms with van der Waals surface area (Å²) < 4.78 is 2.82. The molecule has 0 unspecified atom stereocenters. The molecule has 0 atom stereocenters. The largest absolute Gasteiger partial charge is 0.360 e. The molecule has 0 fully saturated rings. The number of hydrogen-bond acceptors (Lipinski definition) is 2. The predicted octanol–water partition coefficient (Wildman–Crippen LogP) is 5.75. The highest BCUT2D eigenvalue weighted by Crippen LogP contribution is 2.34. The molecule has 0 saturated carbocycles. The van der Waals surface area contributed by atoms with Gasteiger partial charge in [-0.05, 0) is 50.1 Å². The van der Waals surface area contributed by atoms with Crippen molar-refractivity contribution < 1.29 is 4.79 Å². The maximum atomic E-state index is 12.5. The van der Waals surface area contributed by atoms with Crippen LogP contribution in [-0.2, 0) is 0 Å². The molecule has 2 aromatic heterocycles. The summed E-state index contributed by atoms with van der Waals surface area (Å²) >= 11 is 11.7. The highest BCUT2D eigenvalue weighted by atomic mass is 79.9. The molecule has 6 heteroatoms. The van der Waals surface area contributed by atoms with Crippen molar-refractivity contribution in [1.82, 2.24) is 4.98 Å². The molecule has 19 heavy (non-hydrogen) atoms. The first-order valence-corrected chi connectivity index (χ1v) is 8.52. The minimum atomic E-state index is 0.0324. The monoisotopic (exact) mass is 461 g/mol. The summed E-state index contributed by atoms with van der Waals surface area (Å²) in [4.78, 5) is 16.4. The van der Waals surface area contributed by atoms with Gasteiger partial charge < -0.3 is 4.98 Å². The lowest BCUT2D eigenvalue weighted by Crippen LogP contribution is -1.96. The van der Waals surface area contributed by atoms with Gasteiger partial charge in [0.25, 0.3) is 0 Å². The van der Waals surface area contributed by atoms with Crippen molar-refractivity contribution in [2.45, 2.75) is 0 Å². The molecule has 2 heterocycles. The first-order chi connectivity index (χ1) is 9.06. The van der Waals surface area contributed by atoms with E-state index >= 15 is 0 Å². The Morgan fingerprint density at radius 1 is 1.16 bits per heavy atom. The quantitative estimate of drug-likeness (QED) is 0.482.